The second-order valence-corrected chi connectivity index (χ2v) is 2.42. The summed E-state index contributed by atoms with van der Waals surface area (Å²) in [4.78, 5) is 3.98. The standard InChI is InChI=1S/C10H12N2O/c1-11-6-3-4-9-5-7-12-10(8-9)13-2/h5,7-8,11H,6H2,1-2H3. The lowest BCUT2D eigenvalue weighted by atomic mass is 10.3. The zero-order valence-electron chi connectivity index (χ0n) is 7.79. The SMILES string of the molecule is CNCC#Cc1ccnc(OC)c1. The van der Waals surface area contributed by atoms with Gasteiger partial charge in [0.15, 0.2) is 0 Å². The van der Waals surface area contributed by atoms with E-state index in [-0.39, 0.29) is 0 Å². The maximum atomic E-state index is 4.97. The molecule has 0 aliphatic rings. The Labute approximate surface area is 78.1 Å². The molecule has 0 bridgehead atoms. The van der Waals surface area contributed by atoms with E-state index in [0.717, 1.165) is 5.56 Å². The highest BCUT2D eigenvalue weighted by Gasteiger charge is 1.91. The summed E-state index contributed by atoms with van der Waals surface area (Å²) in [5.74, 6) is 6.54. The summed E-state index contributed by atoms with van der Waals surface area (Å²) in [6, 6.07) is 3.66. The fourth-order valence-electron chi connectivity index (χ4n) is 0.833. The first-order chi connectivity index (χ1) is 6.36. The van der Waals surface area contributed by atoms with E-state index in [4.69, 9.17) is 4.74 Å². The number of hydrogen-bond donors (Lipinski definition) is 1. The highest BCUT2D eigenvalue weighted by atomic mass is 16.5. The van der Waals surface area contributed by atoms with Crippen LogP contribution in [0.2, 0.25) is 0 Å². The molecule has 0 saturated heterocycles. The van der Waals surface area contributed by atoms with Crippen molar-refractivity contribution >= 4 is 0 Å². The molecule has 13 heavy (non-hydrogen) atoms. The third-order valence-corrected chi connectivity index (χ3v) is 1.44. The van der Waals surface area contributed by atoms with Crippen LogP contribution in [-0.4, -0.2) is 25.7 Å². The Hall–Kier alpha value is -1.53. The first-order valence-electron chi connectivity index (χ1n) is 4.00. The molecule has 1 rings (SSSR count). The Morgan fingerprint density at radius 3 is 3.15 bits per heavy atom. The number of aromatic nitrogens is 1. The summed E-state index contributed by atoms with van der Waals surface area (Å²) in [5, 5.41) is 2.95. The lowest BCUT2D eigenvalue weighted by Crippen LogP contribution is -2.04. The third-order valence-electron chi connectivity index (χ3n) is 1.44. The first kappa shape index (κ1) is 9.56. The number of methoxy groups -OCH3 is 1. The minimum Gasteiger partial charge on any atom is -0.481 e. The molecule has 0 unspecified atom stereocenters. The Morgan fingerprint density at radius 2 is 2.46 bits per heavy atom. The van der Waals surface area contributed by atoms with Gasteiger partial charge in [-0.25, -0.2) is 4.98 Å². The number of hydrogen-bond acceptors (Lipinski definition) is 3. The van der Waals surface area contributed by atoms with Gasteiger partial charge in [-0.05, 0) is 13.1 Å². The number of nitrogens with zero attached hydrogens (tertiary/aromatic N) is 1. The fourth-order valence-corrected chi connectivity index (χ4v) is 0.833. The number of ether oxygens (including phenoxy) is 1. The van der Waals surface area contributed by atoms with Crippen molar-refractivity contribution in [2.24, 2.45) is 0 Å². The van der Waals surface area contributed by atoms with E-state index in [1.807, 2.05) is 19.2 Å². The van der Waals surface area contributed by atoms with E-state index >= 15 is 0 Å². The van der Waals surface area contributed by atoms with Crippen molar-refractivity contribution in [3.8, 4) is 17.7 Å². The van der Waals surface area contributed by atoms with Crippen LogP contribution in [0.15, 0.2) is 18.3 Å². The summed E-state index contributed by atoms with van der Waals surface area (Å²) < 4.78 is 4.97. The van der Waals surface area contributed by atoms with E-state index in [1.165, 1.54) is 0 Å². The Balaban J connectivity index is 2.73. The maximum absolute atomic E-state index is 4.97. The Bertz CT molecular complexity index is 325. The number of pyridine rings is 1. The molecule has 0 aromatic carbocycles. The Morgan fingerprint density at radius 1 is 1.62 bits per heavy atom. The predicted molar refractivity (Wildman–Crippen MR) is 51.6 cm³/mol. The highest BCUT2D eigenvalue weighted by molar-refractivity contribution is 5.36. The zero-order chi connectivity index (χ0) is 9.52. The van der Waals surface area contributed by atoms with Crippen LogP contribution in [0.25, 0.3) is 0 Å². The van der Waals surface area contributed by atoms with Crippen molar-refractivity contribution in [3.63, 3.8) is 0 Å². The fraction of sp³-hybridized carbons (Fsp3) is 0.300. The minimum absolute atomic E-state index is 0.594. The maximum Gasteiger partial charge on any atom is 0.214 e. The van der Waals surface area contributed by atoms with E-state index in [9.17, 15) is 0 Å². The molecular formula is C10H12N2O. The smallest absolute Gasteiger partial charge is 0.214 e. The molecule has 0 atom stereocenters. The molecule has 0 fully saturated rings. The molecule has 0 amide bonds. The van der Waals surface area contributed by atoms with Crippen LogP contribution < -0.4 is 10.1 Å². The lowest BCUT2D eigenvalue weighted by molar-refractivity contribution is 0.398. The molecule has 0 spiro atoms. The second-order valence-electron chi connectivity index (χ2n) is 2.42. The molecule has 1 N–H and O–H groups in total. The average Bonchev–Trinajstić information content (AvgIpc) is 2.19. The quantitative estimate of drug-likeness (QED) is 0.672. The monoisotopic (exact) mass is 176 g/mol. The summed E-state index contributed by atoms with van der Waals surface area (Å²) in [7, 11) is 3.45. The van der Waals surface area contributed by atoms with Crippen LogP contribution in [0, 0.1) is 11.8 Å². The van der Waals surface area contributed by atoms with Crippen LogP contribution in [0.1, 0.15) is 5.56 Å². The number of rotatable bonds is 2. The van der Waals surface area contributed by atoms with Gasteiger partial charge in [0.2, 0.25) is 5.88 Å². The molecule has 0 radical (unpaired) electrons. The van der Waals surface area contributed by atoms with Gasteiger partial charge in [0, 0.05) is 17.8 Å². The third kappa shape index (κ3) is 3.14. The van der Waals surface area contributed by atoms with Gasteiger partial charge in [-0.3, -0.25) is 0 Å². The van der Waals surface area contributed by atoms with Gasteiger partial charge in [0.05, 0.1) is 13.7 Å². The van der Waals surface area contributed by atoms with Gasteiger partial charge in [0.1, 0.15) is 0 Å². The van der Waals surface area contributed by atoms with Gasteiger partial charge < -0.3 is 10.1 Å². The largest absolute Gasteiger partial charge is 0.481 e. The van der Waals surface area contributed by atoms with Crippen LogP contribution in [-0.2, 0) is 0 Å². The second kappa shape index (κ2) is 5.18. The topological polar surface area (TPSA) is 34.2 Å². The predicted octanol–water partition coefficient (Wildman–Crippen LogP) is 0.661. The van der Waals surface area contributed by atoms with Crippen molar-refractivity contribution in [1.82, 2.24) is 10.3 Å². The van der Waals surface area contributed by atoms with Crippen molar-refractivity contribution < 1.29 is 4.74 Å². The van der Waals surface area contributed by atoms with E-state index in [0.29, 0.717) is 12.4 Å². The van der Waals surface area contributed by atoms with E-state index in [2.05, 4.69) is 22.1 Å². The molecule has 0 aliphatic carbocycles. The van der Waals surface area contributed by atoms with Gasteiger partial charge in [-0.15, -0.1) is 0 Å². The Kier molecular flexibility index (Phi) is 3.80. The molecule has 1 aromatic rings. The minimum atomic E-state index is 0.594. The molecule has 68 valence electrons. The highest BCUT2D eigenvalue weighted by Crippen LogP contribution is 2.06. The summed E-state index contributed by atoms with van der Waals surface area (Å²) in [6.07, 6.45) is 1.68. The summed E-state index contributed by atoms with van der Waals surface area (Å²) >= 11 is 0. The van der Waals surface area contributed by atoms with Crippen molar-refractivity contribution in [2.75, 3.05) is 20.7 Å². The molecule has 3 heteroatoms. The van der Waals surface area contributed by atoms with Crippen LogP contribution in [0.4, 0.5) is 0 Å². The molecule has 1 aromatic heterocycles. The van der Waals surface area contributed by atoms with E-state index < -0.39 is 0 Å². The van der Waals surface area contributed by atoms with Gasteiger partial charge in [-0.1, -0.05) is 11.8 Å². The lowest BCUT2D eigenvalue weighted by Gasteiger charge is -1.96. The zero-order valence-corrected chi connectivity index (χ0v) is 7.79. The summed E-state index contributed by atoms with van der Waals surface area (Å²) in [5.41, 5.74) is 0.919. The van der Waals surface area contributed by atoms with Crippen LogP contribution in [0.5, 0.6) is 5.88 Å². The van der Waals surface area contributed by atoms with Crippen molar-refractivity contribution in [1.29, 1.82) is 0 Å². The molecular weight excluding hydrogens is 164 g/mol. The van der Waals surface area contributed by atoms with Gasteiger partial charge in [-0.2, -0.15) is 0 Å². The molecule has 0 aliphatic heterocycles. The van der Waals surface area contributed by atoms with Gasteiger partial charge >= 0.3 is 0 Å². The number of nitrogens with one attached hydrogen (secondary N) is 1. The normalized spacial score (nSPS) is 8.77. The average molecular weight is 176 g/mol. The first-order valence-corrected chi connectivity index (χ1v) is 4.00. The molecule has 3 nitrogen and oxygen atoms in total. The molecule has 0 saturated carbocycles. The van der Waals surface area contributed by atoms with Crippen LogP contribution in [0.3, 0.4) is 0 Å². The van der Waals surface area contributed by atoms with Crippen LogP contribution >= 0.6 is 0 Å². The van der Waals surface area contributed by atoms with Crippen molar-refractivity contribution in [3.05, 3.63) is 23.9 Å². The summed E-state index contributed by atoms with van der Waals surface area (Å²) in [6.45, 7) is 0.685. The van der Waals surface area contributed by atoms with Crippen molar-refractivity contribution in [2.45, 2.75) is 0 Å². The molecule has 1 heterocycles. The van der Waals surface area contributed by atoms with E-state index in [1.54, 1.807) is 13.3 Å². The van der Waals surface area contributed by atoms with Gasteiger partial charge in [0.25, 0.3) is 0 Å².